The van der Waals surface area contributed by atoms with Crippen molar-refractivity contribution in [1.82, 2.24) is 15.3 Å². The van der Waals surface area contributed by atoms with Crippen molar-refractivity contribution < 1.29 is 28.1 Å². The van der Waals surface area contributed by atoms with Crippen LogP contribution >= 0.6 is 0 Å². The number of nitrogens with zero attached hydrogens (tertiary/aromatic N) is 3. The van der Waals surface area contributed by atoms with Gasteiger partial charge in [0.15, 0.2) is 11.6 Å². The van der Waals surface area contributed by atoms with Crippen molar-refractivity contribution >= 4 is 56.9 Å². The van der Waals surface area contributed by atoms with E-state index in [2.05, 4.69) is 25.9 Å². The molecule has 2 atom stereocenters. The van der Waals surface area contributed by atoms with Gasteiger partial charge >= 0.3 is 0 Å². The van der Waals surface area contributed by atoms with Gasteiger partial charge < -0.3 is 35.1 Å². The third kappa shape index (κ3) is 7.21. The molecule has 0 aliphatic rings. The van der Waals surface area contributed by atoms with Crippen molar-refractivity contribution in [3.63, 3.8) is 0 Å². The van der Waals surface area contributed by atoms with Crippen LogP contribution in [0.3, 0.4) is 0 Å². The Morgan fingerprint density at radius 3 is 2.30 bits per heavy atom. The molecular formula is C27H29N6O6S-. The number of hydrogen-bond acceptors (Lipinski definition) is 10. The van der Waals surface area contributed by atoms with Crippen molar-refractivity contribution in [2.45, 2.75) is 13.0 Å². The van der Waals surface area contributed by atoms with Crippen LogP contribution in [0.1, 0.15) is 6.92 Å². The highest BCUT2D eigenvalue weighted by Crippen LogP contribution is 2.36. The maximum atomic E-state index is 12.7. The molecule has 3 aromatic carbocycles. The molecule has 0 saturated carbocycles. The van der Waals surface area contributed by atoms with Crippen LogP contribution in [0.15, 0.2) is 66.7 Å². The number of amides is 1. The predicted molar refractivity (Wildman–Crippen MR) is 153 cm³/mol. The first-order valence-corrected chi connectivity index (χ1v) is 13.3. The molecule has 1 amide bonds. The Hall–Kier alpha value is -4.30. The lowest BCUT2D eigenvalue weighted by molar-refractivity contribution is -0.115. The van der Waals surface area contributed by atoms with Gasteiger partial charge in [-0.25, -0.2) is 9.97 Å². The van der Waals surface area contributed by atoms with E-state index in [1.54, 1.807) is 67.6 Å². The molecule has 4 aromatic rings. The third-order valence-corrected chi connectivity index (χ3v) is 6.28. The molecule has 0 fully saturated rings. The van der Waals surface area contributed by atoms with Gasteiger partial charge in [0.1, 0.15) is 11.5 Å². The number of carbonyl (C=O) groups is 1. The van der Waals surface area contributed by atoms with E-state index in [1.807, 2.05) is 0 Å². The summed E-state index contributed by atoms with van der Waals surface area (Å²) in [6, 6.07) is 18.5. The van der Waals surface area contributed by atoms with E-state index in [0.29, 0.717) is 33.9 Å². The highest BCUT2D eigenvalue weighted by atomic mass is 32.2. The number of rotatable bonds is 12. The quantitative estimate of drug-likeness (QED) is 0.188. The number of carbonyl (C=O) groups excluding carboxylic acids is 1. The number of benzene rings is 3. The smallest absolute Gasteiger partial charge is 0.238 e. The summed E-state index contributed by atoms with van der Waals surface area (Å²) in [7, 11) is 3.05. The number of methoxy groups -OCH3 is 2. The molecule has 0 aliphatic carbocycles. The fraction of sp³-hybridized carbons (Fsp3) is 0.222. The van der Waals surface area contributed by atoms with Gasteiger partial charge in [0.25, 0.3) is 0 Å². The van der Waals surface area contributed by atoms with E-state index < -0.39 is 17.4 Å². The summed E-state index contributed by atoms with van der Waals surface area (Å²) in [6.07, 6.45) is -0.597. The highest BCUT2D eigenvalue weighted by Gasteiger charge is 2.20. The second-order valence-corrected chi connectivity index (χ2v) is 9.50. The molecule has 210 valence electrons. The van der Waals surface area contributed by atoms with Crippen molar-refractivity contribution in [1.29, 1.82) is 0 Å². The molecule has 4 N–H and O–H groups in total. The number of anilines is 5. The van der Waals surface area contributed by atoms with Crippen LogP contribution in [0.4, 0.5) is 28.7 Å². The molecule has 0 spiro atoms. The van der Waals surface area contributed by atoms with Crippen molar-refractivity contribution in [3.8, 4) is 11.5 Å². The first-order valence-electron chi connectivity index (χ1n) is 12.2. The van der Waals surface area contributed by atoms with Crippen molar-refractivity contribution in [2.24, 2.45) is 0 Å². The maximum Gasteiger partial charge on any atom is 0.238 e. The summed E-state index contributed by atoms with van der Waals surface area (Å²) >= 11 is -2.82. The van der Waals surface area contributed by atoms with E-state index in [-0.39, 0.29) is 36.3 Å². The normalized spacial score (nSPS) is 12.4. The zero-order valence-corrected chi connectivity index (χ0v) is 22.9. The molecule has 0 aliphatic heterocycles. The number of ether oxygens (including phenoxy) is 2. The predicted octanol–water partition coefficient (Wildman–Crippen LogP) is 3.23. The van der Waals surface area contributed by atoms with Gasteiger partial charge in [-0.15, -0.1) is 0 Å². The summed E-state index contributed by atoms with van der Waals surface area (Å²) in [5.74, 6) is 0.860. The van der Waals surface area contributed by atoms with Gasteiger partial charge in [0.2, 0.25) is 5.91 Å². The maximum absolute atomic E-state index is 12.7. The van der Waals surface area contributed by atoms with Crippen LogP contribution in [0.2, 0.25) is 0 Å². The summed E-state index contributed by atoms with van der Waals surface area (Å²) in [4.78, 5) is 21.6. The second kappa shape index (κ2) is 13.2. The highest BCUT2D eigenvalue weighted by molar-refractivity contribution is 7.81. The van der Waals surface area contributed by atoms with Crippen LogP contribution < -0.4 is 29.7 Å². The lowest BCUT2D eigenvalue weighted by Gasteiger charge is -2.27. The largest absolute Gasteiger partial charge is 0.755 e. The number of nitrogens with one attached hydrogen (secondary N) is 3. The fourth-order valence-electron chi connectivity index (χ4n) is 3.82. The summed E-state index contributed by atoms with van der Waals surface area (Å²) in [5.41, 5.74) is 2.15. The number of aliphatic hydroxyl groups excluding tert-OH is 1. The minimum Gasteiger partial charge on any atom is -0.755 e. The monoisotopic (exact) mass is 565 g/mol. The SMILES string of the molecule is COc1cc(Nc2nc3ccccc3nc2N(c2cccc(NC(=O)CNCC(C)O)c2)S(=O)[O-])cc(OC)c1. The molecule has 12 nitrogen and oxygen atoms in total. The number of para-hydroxylation sites is 2. The minimum absolute atomic E-state index is 0.0101. The van der Waals surface area contributed by atoms with Crippen molar-refractivity contribution in [2.75, 3.05) is 42.2 Å². The molecule has 2 unspecified atom stereocenters. The summed E-state index contributed by atoms with van der Waals surface area (Å²) in [5, 5.41) is 18.1. The van der Waals surface area contributed by atoms with Crippen LogP contribution in [0, 0.1) is 0 Å². The second-order valence-electron chi connectivity index (χ2n) is 8.70. The van der Waals surface area contributed by atoms with Gasteiger partial charge in [-0.1, -0.05) is 18.2 Å². The lowest BCUT2D eigenvalue weighted by atomic mass is 10.2. The molecule has 0 bridgehead atoms. The summed E-state index contributed by atoms with van der Waals surface area (Å²) in [6.45, 7) is 1.84. The average molecular weight is 566 g/mol. The van der Waals surface area contributed by atoms with E-state index >= 15 is 0 Å². The Morgan fingerprint density at radius 2 is 1.68 bits per heavy atom. The van der Waals surface area contributed by atoms with Gasteiger partial charge in [-0.05, 0) is 37.3 Å². The van der Waals surface area contributed by atoms with E-state index in [0.717, 1.165) is 4.31 Å². The molecule has 1 aromatic heterocycles. The van der Waals surface area contributed by atoms with Gasteiger partial charge in [0, 0.05) is 36.1 Å². The molecule has 13 heteroatoms. The van der Waals surface area contributed by atoms with Crippen molar-refractivity contribution in [3.05, 3.63) is 66.7 Å². The molecule has 0 saturated heterocycles. The first kappa shape index (κ1) is 28.7. The van der Waals surface area contributed by atoms with Crippen LogP contribution in [0.5, 0.6) is 11.5 Å². The number of aromatic nitrogens is 2. The Kier molecular flexibility index (Phi) is 9.45. The topological polar surface area (TPSA) is 161 Å². The number of aliphatic hydroxyl groups is 1. The first-order chi connectivity index (χ1) is 19.3. The Labute approximate surface area is 233 Å². The molecule has 0 radical (unpaired) electrons. The van der Waals surface area contributed by atoms with Gasteiger partial charge in [0.05, 0.1) is 54.9 Å². The van der Waals surface area contributed by atoms with Crippen LogP contribution in [-0.2, 0) is 16.1 Å². The van der Waals surface area contributed by atoms with Crippen LogP contribution in [-0.4, -0.2) is 63.2 Å². The minimum atomic E-state index is -2.82. The summed E-state index contributed by atoms with van der Waals surface area (Å²) < 4.78 is 37.0. The molecule has 1 heterocycles. The fourth-order valence-corrected chi connectivity index (χ4v) is 4.38. The van der Waals surface area contributed by atoms with Crippen LogP contribution in [0.25, 0.3) is 11.0 Å². The average Bonchev–Trinajstić information content (AvgIpc) is 2.93. The van der Waals surface area contributed by atoms with Gasteiger partial charge in [-0.2, -0.15) is 0 Å². The number of fused-ring (bicyclic) bond motifs is 1. The molecular weight excluding hydrogens is 536 g/mol. The van der Waals surface area contributed by atoms with E-state index in [9.17, 15) is 18.7 Å². The third-order valence-electron chi connectivity index (χ3n) is 5.60. The zero-order valence-electron chi connectivity index (χ0n) is 22.1. The zero-order chi connectivity index (χ0) is 28.6. The molecule has 4 rings (SSSR count). The Morgan fingerprint density at radius 1 is 1.00 bits per heavy atom. The standard InChI is InChI=1S/C27H30N6O6S/c1-17(34)15-28-16-25(35)29-18-7-6-8-20(11-18)33(40(36)37)27-26(31-23-9-4-5-10-24(23)32-27)30-19-12-21(38-2)14-22(13-19)39-3/h4-14,17,28,34H,15-16H2,1-3H3,(H,29,35)(H,30,31)(H,36,37)/p-1. The van der Waals surface area contributed by atoms with E-state index in [1.165, 1.54) is 20.3 Å². The lowest BCUT2D eigenvalue weighted by Crippen LogP contribution is -2.32. The van der Waals surface area contributed by atoms with E-state index in [4.69, 9.17) is 9.47 Å². The molecule has 40 heavy (non-hydrogen) atoms. The number of hydrogen-bond donors (Lipinski definition) is 4. The Bertz CT molecular complexity index is 1500. The van der Waals surface area contributed by atoms with Gasteiger partial charge in [-0.3, -0.25) is 13.3 Å². The Balaban J connectivity index is 1.73.